The number of nitrogen functional groups attached to an aromatic ring is 1. The van der Waals surface area contributed by atoms with Gasteiger partial charge in [-0.15, -0.1) is 0 Å². The first-order chi connectivity index (χ1) is 14.0. The Balaban J connectivity index is 1.77. The fourth-order valence-electron chi connectivity index (χ4n) is 2.65. The number of halogens is 1. The lowest BCUT2D eigenvalue weighted by Crippen LogP contribution is -2.26. The second-order valence-corrected chi connectivity index (χ2v) is 8.39. The number of aromatic nitrogens is 3. The number of benzene rings is 1. The maximum Gasteiger partial charge on any atom is 0.267 e. The van der Waals surface area contributed by atoms with Crippen molar-refractivity contribution in [3.63, 3.8) is 0 Å². The maximum atomic E-state index is 14.4. The van der Waals surface area contributed by atoms with Crippen molar-refractivity contribution in [2.24, 2.45) is 0 Å². The molecule has 3 rings (SSSR count). The van der Waals surface area contributed by atoms with E-state index >= 15 is 0 Å². The summed E-state index contributed by atoms with van der Waals surface area (Å²) < 4.78 is 15.9. The number of nitrogens with one attached hydrogen (secondary N) is 2. The molecule has 30 heavy (non-hydrogen) atoms. The van der Waals surface area contributed by atoms with Crippen LogP contribution in [0.1, 0.15) is 39.4 Å². The van der Waals surface area contributed by atoms with Crippen LogP contribution in [0, 0.1) is 12.7 Å². The largest absolute Gasteiger partial charge is 0.389 e. The highest BCUT2D eigenvalue weighted by Crippen LogP contribution is 2.23. The molecule has 2 amide bonds. The van der Waals surface area contributed by atoms with Gasteiger partial charge >= 0.3 is 0 Å². The molecule has 2 heterocycles. The molecule has 0 aliphatic heterocycles. The summed E-state index contributed by atoms with van der Waals surface area (Å²) in [4.78, 5) is 29.0. The number of hydrogen-bond acceptors (Lipinski definition) is 7. The SMILES string of the molecule is Cc1cc(F)c(C(=O)Nc2ccn(CC(C)(C)O)n2)cc1NC(=O)c1cnc(N)s1. The number of nitrogens with zero attached hydrogens (tertiary/aromatic N) is 3. The van der Waals surface area contributed by atoms with Crippen molar-refractivity contribution >= 4 is 39.8 Å². The predicted molar refractivity (Wildman–Crippen MR) is 112 cm³/mol. The molecule has 9 nitrogen and oxygen atoms in total. The average Bonchev–Trinajstić information content (AvgIpc) is 3.24. The molecule has 5 N–H and O–H groups in total. The molecule has 0 spiro atoms. The zero-order valence-electron chi connectivity index (χ0n) is 16.6. The van der Waals surface area contributed by atoms with E-state index in [0.717, 1.165) is 11.3 Å². The molecule has 0 fully saturated rings. The van der Waals surface area contributed by atoms with E-state index in [1.807, 2.05) is 0 Å². The van der Waals surface area contributed by atoms with Crippen molar-refractivity contribution < 1.29 is 19.1 Å². The van der Waals surface area contributed by atoms with Gasteiger partial charge in [-0.3, -0.25) is 14.3 Å². The molecule has 0 aliphatic rings. The molecule has 0 radical (unpaired) electrons. The van der Waals surface area contributed by atoms with Crippen LogP contribution in [0.3, 0.4) is 0 Å². The van der Waals surface area contributed by atoms with Crippen molar-refractivity contribution in [1.29, 1.82) is 0 Å². The van der Waals surface area contributed by atoms with Gasteiger partial charge in [0.15, 0.2) is 10.9 Å². The Morgan fingerprint density at radius 1 is 1.30 bits per heavy atom. The molecule has 3 aromatic rings. The number of anilines is 3. The van der Waals surface area contributed by atoms with Gasteiger partial charge in [-0.25, -0.2) is 9.37 Å². The van der Waals surface area contributed by atoms with Gasteiger partial charge in [-0.05, 0) is 38.5 Å². The Labute approximate surface area is 175 Å². The summed E-state index contributed by atoms with van der Waals surface area (Å²) in [6.45, 7) is 5.09. The maximum absolute atomic E-state index is 14.4. The number of amides is 2. The number of thiazole rings is 1. The van der Waals surface area contributed by atoms with Crippen LogP contribution in [0.25, 0.3) is 0 Å². The first-order valence-electron chi connectivity index (χ1n) is 8.92. The van der Waals surface area contributed by atoms with Gasteiger partial charge in [0.1, 0.15) is 10.7 Å². The lowest BCUT2D eigenvalue weighted by atomic mass is 10.1. The van der Waals surface area contributed by atoms with Crippen LogP contribution < -0.4 is 16.4 Å². The third-order valence-corrected chi connectivity index (χ3v) is 4.81. The zero-order chi connectivity index (χ0) is 22.1. The summed E-state index contributed by atoms with van der Waals surface area (Å²) in [7, 11) is 0. The molecular weight excluding hydrogens is 411 g/mol. The minimum atomic E-state index is -0.980. The molecule has 0 bridgehead atoms. The van der Waals surface area contributed by atoms with E-state index in [0.29, 0.717) is 10.4 Å². The third kappa shape index (κ3) is 5.19. The van der Waals surface area contributed by atoms with Gasteiger partial charge in [0.2, 0.25) is 0 Å². The van der Waals surface area contributed by atoms with Gasteiger partial charge < -0.3 is 21.5 Å². The van der Waals surface area contributed by atoms with Crippen molar-refractivity contribution in [1.82, 2.24) is 14.8 Å². The first-order valence-corrected chi connectivity index (χ1v) is 9.73. The molecule has 0 saturated heterocycles. The number of hydrogen-bond donors (Lipinski definition) is 4. The number of aliphatic hydroxyl groups is 1. The summed E-state index contributed by atoms with van der Waals surface area (Å²) >= 11 is 1.02. The van der Waals surface area contributed by atoms with Gasteiger partial charge in [-0.2, -0.15) is 5.10 Å². The Hall–Kier alpha value is -3.31. The fraction of sp³-hybridized carbons (Fsp3) is 0.263. The summed E-state index contributed by atoms with van der Waals surface area (Å²) in [5.41, 5.74) is 5.03. The van der Waals surface area contributed by atoms with E-state index in [1.54, 1.807) is 27.0 Å². The summed E-state index contributed by atoms with van der Waals surface area (Å²) in [5, 5.41) is 19.4. The van der Waals surface area contributed by atoms with Crippen molar-refractivity contribution in [2.75, 3.05) is 16.4 Å². The first kappa shape index (κ1) is 21.4. The molecule has 158 valence electrons. The van der Waals surface area contributed by atoms with E-state index in [2.05, 4.69) is 20.7 Å². The van der Waals surface area contributed by atoms with Crippen LogP contribution in [0.5, 0.6) is 0 Å². The standard InChI is InChI=1S/C19H21FN6O3S/c1-10-6-12(20)11(7-13(10)23-17(28)14-8-22-18(21)30-14)16(27)24-15-4-5-26(25-15)9-19(2,3)29/h4-8,29H,9H2,1-3H3,(H2,21,22)(H,23,28)(H,24,25,27). The number of rotatable bonds is 6. The smallest absolute Gasteiger partial charge is 0.267 e. The summed E-state index contributed by atoms with van der Waals surface area (Å²) in [6, 6.07) is 3.96. The Morgan fingerprint density at radius 3 is 2.67 bits per heavy atom. The molecular formula is C19H21FN6O3S. The minimum Gasteiger partial charge on any atom is -0.389 e. The lowest BCUT2D eigenvalue weighted by molar-refractivity contribution is 0.0578. The average molecular weight is 432 g/mol. The molecule has 11 heteroatoms. The third-order valence-electron chi connectivity index (χ3n) is 3.99. The minimum absolute atomic E-state index is 0.204. The number of carbonyl (C=O) groups is 2. The van der Waals surface area contributed by atoms with E-state index in [9.17, 15) is 19.1 Å². The second-order valence-electron chi connectivity index (χ2n) is 7.33. The summed E-state index contributed by atoms with van der Waals surface area (Å²) in [5.74, 6) is -1.72. The molecule has 2 aromatic heterocycles. The topological polar surface area (TPSA) is 135 Å². The molecule has 0 unspecified atom stereocenters. The van der Waals surface area contributed by atoms with Crippen LogP contribution in [0.2, 0.25) is 0 Å². The van der Waals surface area contributed by atoms with E-state index < -0.39 is 23.2 Å². The molecule has 0 saturated carbocycles. The van der Waals surface area contributed by atoms with Gasteiger partial charge in [0.25, 0.3) is 11.8 Å². The fourth-order valence-corrected chi connectivity index (χ4v) is 3.23. The van der Waals surface area contributed by atoms with E-state index in [-0.39, 0.29) is 28.7 Å². The highest BCUT2D eigenvalue weighted by atomic mass is 32.1. The van der Waals surface area contributed by atoms with Gasteiger partial charge in [0.05, 0.1) is 23.9 Å². The van der Waals surface area contributed by atoms with Crippen molar-refractivity contribution in [3.05, 3.63) is 52.4 Å². The molecule has 0 atom stereocenters. The van der Waals surface area contributed by atoms with Crippen molar-refractivity contribution in [2.45, 2.75) is 32.9 Å². The van der Waals surface area contributed by atoms with Crippen LogP contribution in [-0.2, 0) is 6.54 Å². The molecule has 0 aliphatic carbocycles. The Kier molecular flexibility index (Phi) is 5.85. The zero-order valence-corrected chi connectivity index (χ0v) is 17.4. The highest BCUT2D eigenvalue weighted by Gasteiger charge is 2.19. The predicted octanol–water partition coefficient (Wildman–Crippen LogP) is 2.64. The van der Waals surface area contributed by atoms with Gasteiger partial charge in [0, 0.05) is 18.0 Å². The van der Waals surface area contributed by atoms with E-state index in [1.165, 1.54) is 29.1 Å². The lowest BCUT2D eigenvalue weighted by Gasteiger charge is -2.16. The summed E-state index contributed by atoms with van der Waals surface area (Å²) in [6.07, 6.45) is 2.93. The number of carbonyl (C=O) groups excluding carboxylic acids is 2. The second kappa shape index (κ2) is 8.20. The molecule has 1 aromatic carbocycles. The Morgan fingerprint density at radius 2 is 2.03 bits per heavy atom. The van der Waals surface area contributed by atoms with Crippen LogP contribution in [0.4, 0.5) is 21.0 Å². The van der Waals surface area contributed by atoms with Crippen LogP contribution in [0.15, 0.2) is 30.6 Å². The normalized spacial score (nSPS) is 11.4. The monoisotopic (exact) mass is 432 g/mol. The number of nitrogens with two attached hydrogens (primary N) is 1. The quantitative estimate of drug-likeness (QED) is 0.473. The Bertz CT molecular complexity index is 1100. The van der Waals surface area contributed by atoms with Crippen molar-refractivity contribution in [3.8, 4) is 0 Å². The van der Waals surface area contributed by atoms with Crippen LogP contribution in [-0.4, -0.2) is 37.3 Å². The number of aryl methyl sites for hydroxylation is 1. The van der Waals surface area contributed by atoms with Gasteiger partial charge in [-0.1, -0.05) is 11.3 Å². The van der Waals surface area contributed by atoms with E-state index in [4.69, 9.17) is 5.73 Å². The van der Waals surface area contributed by atoms with Crippen LogP contribution >= 0.6 is 11.3 Å². The highest BCUT2D eigenvalue weighted by molar-refractivity contribution is 7.17.